The number of amides is 1. The van der Waals surface area contributed by atoms with E-state index >= 15 is 0 Å². The lowest BCUT2D eigenvalue weighted by atomic mass is 10.0. The van der Waals surface area contributed by atoms with Gasteiger partial charge in [0.2, 0.25) is 5.91 Å². The quantitative estimate of drug-likeness (QED) is 0.902. The minimum absolute atomic E-state index is 0.209. The second kappa shape index (κ2) is 6.00. The lowest BCUT2D eigenvalue weighted by Gasteiger charge is -2.12. The summed E-state index contributed by atoms with van der Waals surface area (Å²) in [5.74, 6) is 0.523. The number of carbonyl (C=O) groups excluding carboxylic acids is 1. The van der Waals surface area contributed by atoms with E-state index in [0.29, 0.717) is 13.0 Å². The Kier molecular flexibility index (Phi) is 4.15. The molecule has 0 bridgehead atoms. The van der Waals surface area contributed by atoms with E-state index in [4.69, 9.17) is 4.42 Å². The fraction of sp³-hybridized carbons (Fsp3) is 0.389. The summed E-state index contributed by atoms with van der Waals surface area (Å²) in [5, 5.41) is 2.79. The van der Waals surface area contributed by atoms with Crippen LogP contribution < -0.4 is 5.32 Å². The van der Waals surface area contributed by atoms with Crippen LogP contribution in [-0.4, -0.2) is 5.91 Å². The normalized spacial score (nSPS) is 20.0. The Morgan fingerprint density at radius 2 is 2.00 bits per heavy atom. The Morgan fingerprint density at radius 3 is 2.62 bits per heavy atom. The van der Waals surface area contributed by atoms with Crippen LogP contribution >= 0.6 is 0 Å². The van der Waals surface area contributed by atoms with E-state index in [-0.39, 0.29) is 17.4 Å². The van der Waals surface area contributed by atoms with Crippen LogP contribution in [0.3, 0.4) is 0 Å². The Balaban J connectivity index is 1.65. The second-order valence-electron chi connectivity index (χ2n) is 6.19. The number of furan rings is 1. The summed E-state index contributed by atoms with van der Waals surface area (Å²) in [7, 11) is 0. The van der Waals surface area contributed by atoms with E-state index in [1.54, 1.807) is 6.07 Å². The molecule has 0 spiro atoms. The molecule has 1 aliphatic carbocycles. The SMILES string of the molecule is Cc1cc(CNC(=O)C2CC2c2ccccc2C(F)(F)F)c(C)o1. The van der Waals surface area contributed by atoms with E-state index < -0.39 is 17.7 Å². The molecule has 1 amide bonds. The van der Waals surface area contributed by atoms with Gasteiger partial charge in [-0.3, -0.25) is 4.79 Å². The number of aryl methyl sites for hydroxylation is 2. The molecule has 1 N–H and O–H groups in total. The average molecular weight is 337 g/mol. The van der Waals surface area contributed by atoms with Gasteiger partial charge in [-0.2, -0.15) is 13.2 Å². The smallest absolute Gasteiger partial charge is 0.416 e. The highest BCUT2D eigenvalue weighted by Gasteiger charge is 2.47. The maximum absolute atomic E-state index is 13.1. The molecule has 0 radical (unpaired) electrons. The lowest BCUT2D eigenvalue weighted by molar-refractivity contribution is -0.138. The zero-order chi connectivity index (χ0) is 17.5. The Hall–Kier alpha value is -2.24. The molecule has 3 rings (SSSR count). The summed E-state index contributed by atoms with van der Waals surface area (Å²) in [5.41, 5.74) is 0.445. The second-order valence-corrected chi connectivity index (χ2v) is 6.19. The van der Waals surface area contributed by atoms with Crippen molar-refractivity contribution in [3.8, 4) is 0 Å². The highest BCUT2D eigenvalue weighted by Crippen LogP contribution is 2.51. The minimum Gasteiger partial charge on any atom is -0.466 e. The van der Waals surface area contributed by atoms with Crippen molar-refractivity contribution in [2.45, 2.75) is 38.9 Å². The molecule has 3 nitrogen and oxygen atoms in total. The predicted octanol–water partition coefficient (Wildman–Crippen LogP) is 4.34. The van der Waals surface area contributed by atoms with Crippen molar-refractivity contribution in [3.63, 3.8) is 0 Å². The molecule has 1 aromatic heterocycles. The summed E-state index contributed by atoms with van der Waals surface area (Å²) < 4.78 is 44.6. The topological polar surface area (TPSA) is 42.2 Å². The highest BCUT2D eigenvalue weighted by molar-refractivity contribution is 5.83. The molecular formula is C18H18F3NO2. The number of halogens is 3. The number of hydrogen-bond donors (Lipinski definition) is 1. The molecule has 1 saturated carbocycles. The van der Waals surface area contributed by atoms with Crippen molar-refractivity contribution in [3.05, 3.63) is 58.5 Å². The molecule has 2 atom stereocenters. The number of rotatable bonds is 4. The summed E-state index contributed by atoms with van der Waals surface area (Å²) in [4.78, 5) is 12.2. The Morgan fingerprint density at radius 1 is 1.29 bits per heavy atom. The standard InChI is InChI=1S/C18H18F3NO2/c1-10-7-12(11(2)24-10)9-22-17(23)15-8-14(15)13-5-3-4-6-16(13)18(19,20)21/h3-7,14-15H,8-9H2,1-2H3,(H,22,23). The molecule has 1 heterocycles. The van der Waals surface area contributed by atoms with E-state index in [1.165, 1.54) is 12.1 Å². The largest absolute Gasteiger partial charge is 0.466 e. The van der Waals surface area contributed by atoms with Crippen LogP contribution in [0.2, 0.25) is 0 Å². The summed E-state index contributed by atoms with van der Waals surface area (Å²) >= 11 is 0. The summed E-state index contributed by atoms with van der Waals surface area (Å²) in [6.07, 6.45) is -3.95. The van der Waals surface area contributed by atoms with Gasteiger partial charge in [0.15, 0.2) is 0 Å². The third-order valence-corrected chi connectivity index (χ3v) is 4.39. The molecule has 24 heavy (non-hydrogen) atoms. The van der Waals surface area contributed by atoms with E-state index in [2.05, 4.69) is 5.32 Å². The monoisotopic (exact) mass is 337 g/mol. The summed E-state index contributed by atoms with van der Waals surface area (Å²) in [6, 6.07) is 7.33. The van der Waals surface area contributed by atoms with Crippen LogP contribution in [-0.2, 0) is 17.5 Å². The number of carbonyl (C=O) groups is 1. The van der Waals surface area contributed by atoms with Crippen LogP contribution in [0, 0.1) is 19.8 Å². The number of benzene rings is 1. The van der Waals surface area contributed by atoms with Crippen molar-refractivity contribution < 1.29 is 22.4 Å². The van der Waals surface area contributed by atoms with Crippen LogP contribution in [0.1, 0.15) is 40.5 Å². The van der Waals surface area contributed by atoms with E-state index in [1.807, 2.05) is 19.9 Å². The first-order chi connectivity index (χ1) is 11.3. The lowest BCUT2D eigenvalue weighted by Crippen LogP contribution is -2.25. The van der Waals surface area contributed by atoms with Gasteiger partial charge in [-0.15, -0.1) is 0 Å². The van der Waals surface area contributed by atoms with Gasteiger partial charge >= 0.3 is 6.18 Å². The van der Waals surface area contributed by atoms with Crippen LogP contribution in [0.25, 0.3) is 0 Å². The molecule has 1 fully saturated rings. The third-order valence-electron chi connectivity index (χ3n) is 4.39. The zero-order valence-corrected chi connectivity index (χ0v) is 13.4. The number of alkyl halides is 3. The third kappa shape index (κ3) is 3.32. The molecule has 0 aliphatic heterocycles. The molecule has 6 heteroatoms. The first-order valence-corrected chi connectivity index (χ1v) is 7.77. The van der Waals surface area contributed by atoms with Crippen molar-refractivity contribution in [2.24, 2.45) is 5.92 Å². The maximum atomic E-state index is 13.1. The minimum atomic E-state index is -4.40. The van der Waals surface area contributed by atoms with Crippen molar-refractivity contribution in [1.82, 2.24) is 5.32 Å². The molecule has 1 aliphatic rings. The maximum Gasteiger partial charge on any atom is 0.416 e. The van der Waals surface area contributed by atoms with Gasteiger partial charge in [0, 0.05) is 18.0 Å². The Bertz CT molecular complexity index is 764. The molecule has 2 aromatic rings. The van der Waals surface area contributed by atoms with Crippen LogP contribution in [0.5, 0.6) is 0 Å². The average Bonchev–Trinajstić information content (AvgIpc) is 3.24. The number of nitrogens with one attached hydrogen (secondary N) is 1. The summed E-state index contributed by atoms with van der Waals surface area (Å²) in [6.45, 7) is 3.96. The van der Waals surface area contributed by atoms with Gasteiger partial charge in [-0.1, -0.05) is 18.2 Å². The van der Waals surface area contributed by atoms with Gasteiger partial charge in [-0.05, 0) is 43.9 Å². The van der Waals surface area contributed by atoms with Crippen LogP contribution in [0.4, 0.5) is 13.2 Å². The van der Waals surface area contributed by atoms with Gasteiger partial charge in [0.1, 0.15) is 11.5 Å². The first-order valence-electron chi connectivity index (χ1n) is 7.77. The molecule has 128 valence electrons. The predicted molar refractivity (Wildman–Crippen MR) is 82.3 cm³/mol. The van der Waals surface area contributed by atoms with E-state index in [9.17, 15) is 18.0 Å². The van der Waals surface area contributed by atoms with Gasteiger partial charge in [0.05, 0.1) is 5.56 Å². The molecular weight excluding hydrogens is 319 g/mol. The Labute approximate surface area is 137 Å². The van der Waals surface area contributed by atoms with Crippen molar-refractivity contribution in [1.29, 1.82) is 0 Å². The molecule has 1 aromatic carbocycles. The van der Waals surface area contributed by atoms with Gasteiger partial charge in [-0.25, -0.2) is 0 Å². The van der Waals surface area contributed by atoms with Gasteiger partial charge < -0.3 is 9.73 Å². The zero-order valence-electron chi connectivity index (χ0n) is 13.4. The van der Waals surface area contributed by atoms with Gasteiger partial charge in [0.25, 0.3) is 0 Å². The van der Waals surface area contributed by atoms with E-state index in [0.717, 1.165) is 23.2 Å². The van der Waals surface area contributed by atoms with Crippen LogP contribution in [0.15, 0.2) is 34.7 Å². The molecule has 0 saturated heterocycles. The number of hydrogen-bond acceptors (Lipinski definition) is 2. The van der Waals surface area contributed by atoms with Crippen molar-refractivity contribution >= 4 is 5.91 Å². The fourth-order valence-electron chi connectivity index (χ4n) is 3.08. The van der Waals surface area contributed by atoms with Crippen molar-refractivity contribution in [2.75, 3.05) is 0 Å². The fourth-order valence-corrected chi connectivity index (χ4v) is 3.08. The highest BCUT2D eigenvalue weighted by atomic mass is 19.4. The molecule has 2 unspecified atom stereocenters. The first kappa shape index (κ1) is 16.6.